The van der Waals surface area contributed by atoms with Crippen LogP contribution in [0.25, 0.3) is 0 Å². The zero-order valence-corrected chi connectivity index (χ0v) is 10.6. The molecule has 4 unspecified atom stereocenters. The molecule has 0 aromatic rings. The highest BCUT2D eigenvalue weighted by molar-refractivity contribution is 5.78. The highest BCUT2D eigenvalue weighted by Crippen LogP contribution is 2.48. The Labute approximate surface area is 106 Å². The van der Waals surface area contributed by atoms with Crippen LogP contribution < -0.4 is 10.6 Å². The predicted octanol–water partition coefficient (Wildman–Crippen LogP) is 1.34. The van der Waals surface area contributed by atoms with Gasteiger partial charge in [-0.3, -0.25) is 4.79 Å². The van der Waals surface area contributed by atoms with Gasteiger partial charge in [0.1, 0.15) is 0 Å². The molecule has 3 aliphatic rings. The number of rotatable bonds is 3. The van der Waals surface area contributed by atoms with Crippen molar-refractivity contribution in [1.29, 1.82) is 0 Å². The second-order valence-corrected chi connectivity index (χ2v) is 6.38. The van der Waals surface area contributed by atoms with E-state index in [4.69, 9.17) is 0 Å². The van der Waals surface area contributed by atoms with Gasteiger partial charge in [0.25, 0.3) is 0 Å². The van der Waals surface area contributed by atoms with Gasteiger partial charge in [-0.15, -0.1) is 0 Å². The van der Waals surface area contributed by atoms with Crippen LogP contribution in [0.5, 0.6) is 0 Å². The van der Waals surface area contributed by atoms with Crippen molar-refractivity contribution < 1.29 is 14.7 Å². The van der Waals surface area contributed by atoms with Crippen LogP contribution in [-0.4, -0.2) is 28.7 Å². The minimum Gasteiger partial charge on any atom is -0.481 e. The van der Waals surface area contributed by atoms with E-state index in [1.165, 1.54) is 0 Å². The number of fused-ring (bicyclic) bond motifs is 2. The molecule has 2 bridgehead atoms. The van der Waals surface area contributed by atoms with Crippen molar-refractivity contribution in [3.05, 3.63) is 0 Å². The van der Waals surface area contributed by atoms with E-state index in [0.717, 1.165) is 32.1 Å². The molecule has 3 aliphatic carbocycles. The molecule has 100 valence electrons. The van der Waals surface area contributed by atoms with E-state index in [2.05, 4.69) is 10.6 Å². The van der Waals surface area contributed by atoms with E-state index in [1.807, 2.05) is 6.92 Å². The van der Waals surface area contributed by atoms with Gasteiger partial charge in [-0.05, 0) is 50.9 Å². The molecule has 0 aromatic heterocycles. The van der Waals surface area contributed by atoms with Crippen molar-refractivity contribution in [3.63, 3.8) is 0 Å². The van der Waals surface area contributed by atoms with E-state index < -0.39 is 5.97 Å². The molecule has 0 saturated heterocycles. The molecule has 0 heterocycles. The maximum absolute atomic E-state index is 11.9. The number of urea groups is 1. The Morgan fingerprint density at radius 2 is 1.89 bits per heavy atom. The smallest absolute Gasteiger partial charge is 0.315 e. The van der Waals surface area contributed by atoms with Crippen molar-refractivity contribution in [2.24, 2.45) is 17.8 Å². The number of carbonyl (C=O) groups excluding carboxylic acids is 1. The third kappa shape index (κ3) is 1.95. The predicted molar refractivity (Wildman–Crippen MR) is 65.1 cm³/mol. The third-order valence-corrected chi connectivity index (χ3v) is 4.91. The van der Waals surface area contributed by atoms with Crippen LogP contribution in [0.4, 0.5) is 4.79 Å². The fourth-order valence-electron chi connectivity index (χ4n) is 3.63. The number of hydrogen-bond acceptors (Lipinski definition) is 2. The first-order valence-electron chi connectivity index (χ1n) is 6.80. The molecule has 0 aromatic carbocycles. The maximum atomic E-state index is 11.9. The lowest BCUT2D eigenvalue weighted by Crippen LogP contribution is -2.52. The van der Waals surface area contributed by atoms with Gasteiger partial charge in [0.2, 0.25) is 0 Å². The van der Waals surface area contributed by atoms with Crippen LogP contribution in [0, 0.1) is 17.8 Å². The normalized spacial score (nSPS) is 39.4. The van der Waals surface area contributed by atoms with Gasteiger partial charge in [-0.25, -0.2) is 4.79 Å². The van der Waals surface area contributed by atoms with Crippen LogP contribution in [-0.2, 0) is 4.79 Å². The van der Waals surface area contributed by atoms with Gasteiger partial charge < -0.3 is 15.7 Å². The minimum absolute atomic E-state index is 0.0551. The molecule has 18 heavy (non-hydrogen) atoms. The summed E-state index contributed by atoms with van der Waals surface area (Å²) in [6.45, 7) is 2.02. The molecule has 0 spiro atoms. The summed E-state index contributed by atoms with van der Waals surface area (Å²) in [7, 11) is 0. The zero-order valence-electron chi connectivity index (χ0n) is 10.6. The molecule has 3 saturated carbocycles. The molecule has 4 atom stereocenters. The van der Waals surface area contributed by atoms with Gasteiger partial charge in [-0.2, -0.15) is 0 Å². The largest absolute Gasteiger partial charge is 0.481 e. The lowest BCUT2D eigenvalue weighted by atomic mass is 9.84. The van der Waals surface area contributed by atoms with E-state index in [-0.39, 0.29) is 29.4 Å². The Hall–Kier alpha value is -1.26. The average Bonchev–Trinajstić information content (AvgIpc) is 2.76. The Morgan fingerprint density at radius 1 is 1.22 bits per heavy atom. The van der Waals surface area contributed by atoms with E-state index in [9.17, 15) is 14.7 Å². The number of hydrogen-bond donors (Lipinski definition) is 3. The first-order valence-corrected chi connectivity index (χ1v) is 6.80. The molecule has 3 rings (SSSR count). The first kappa shape index (κ1) is 11.8. The van der Waals surface area contributed by atoms with Crippen molar-refractivity contribution in [2.75, 3.05) is 0 Å². The third-order valence-electron chi connectivity index (χ3n) is 4.91. The van der Waals surface area contributed by atoms with Crippen molar-refractivity contribution >= 4 is 12.0 Å². The lowest BCUT2D eigenvalue weighted by molar-refractivity contribution is -0.144. The molecule has 0 aliphatic heterocycles. The Bertz CT molecular complexity index is 392. The molecular formula is C13H20N2O3. The molecular weight excluding hydrogens is 232 g/mol. The van der Waals surface area contributed by atoms with Crippen molar-refractivity contribution in [2.45, 2.75) is 50.6 Å². The van der Waals surface area contributed by atoms with Gasteiger partial charge in [0.05, 0.1) is 5.92 Å². The first-order chi connectivity index (χ1) is 8.48. The summed E-state index contributed by atoms with van der Waals surface area (Å²) in [5, 5.41) is 15.1. The van der Waals surface area contributed by atoms with Crippen LogP contribution in [0.3, 0.4) is 0 Å². The second kappa shape index (κ2) is 3.87. The van der Waals surface area contributed by atoms with Crippen LogP contribution in [0.1, 0.15) is 39.0 Å². The summed E-state index contributed by atoms with van der Waals surface area (Å²) < 4.78 is 0. The summed E-state index contributed by atoms with van der Waals surface area (Å²) in [5.41, 5.74) is -0.0551. The summed E-state index contributed by atoms with van der Waals surface area (Å²) in [4.78, 5) is 23.2. The number of amides is 2. The van der Waals surface area contributed by atoms with Gasteiger partial charge in [-0.1, -0.05) is 0 Å². The molecule has 0 radical (unpaired) electrons. The van der Waals surface area contributed by atoms with Crippen LogP contribution in [0.15, 0.2) is 0 Å². The molecule has 5 heteroatoms. The standard InChI is InChI=1S/C13H20N2O3/c1-13(4-5-13)15-12(18)14-10-8-3-2-7(6-8)9(10)11(16)17/h7-10H,2-6H2,1H3,(H,16,17)(H2,14,15,18). The topological polar surface area (TPSA) is 78.4 Å². The second-order valence-electron chi connectivity index (χ2n) is 6.38. The Kier molecular flexibility index (Phi) is 2.54. The fourth-order valence-corrected chi connectivity index (χ4v) is 3.63. The molecule has 3 fully saturated rings. The zero-order chi connectivity index (χ0) is 12.9. The summed E-state index contributed by atoms with van der Waals surface area (Å²) in [6, 6.07) is -0.373. The highest BCUT2D eigenvalue weighted by Gasteiger charge is 2.52. The van der Waals surface area contributed by atoms with E-state index in [0.29, 0.717) is 5.92 Å². The number of carboxylic acids is 1. The minimum atomic E-state index is -0.759. The quantitative estimate of drug-likeness (QED) is 0.709. The summed E-state index contributed by atoms with van der Waals surface area (Å²) in [6.07, 6.45) is 5.04. The van der Waals surface area contributed by atoms with Gasteiger partial charge >= 0.3 is 12.0 Å². The monoisotopic (exact) mass is 252 g/mol. The molecule has 3 N–H and O–H groups in total. The number of nitrogens with one attached hydrogen (secondary N) is 2. The molecule has 5 nitrogen and oxygen atoms in total. The molecule has 2 amide bonds. The highest BCUT2D eigenvalue weighted by atomic mass is 16.4. The Balaban J connectivity index is 1.64. The van der Waals surface area contributed by atoms with Gasteiger partial charge in [0.15, 0.2) is 0 Å². The maximum Gasteiger partial charge on any atom is 0.315 e. The van der Waals surface area contributed by atoms with Crippen molar-refractivity contribution in [1.82, 2.24) is 10.6 Å². The Morgan fingerprint density at radius 3 is 2.50 bits per heavy atom. The number of aliphatic carboxylic acids is 1. The summed E-state index contributed by atoms with van der Waals surface area (Å²) in [5.74, 6) is -0.533. The van der Waals surface area contributed by atoms with Crippen LogP contribution >= 0.6 is 0 Å². The summed E-state index contributed by atoms with van der Waals surface area (Å²) >= 11 is 0. The van der Waals surface area contributed by atoms with E-state index >= 15 is 0 Å². The fraction of sp³-hybridized carbons (Fsp3) is 0.846. The number of carboxylic acid groups (broad SMARTS) is 1. The van der Waals surface area contributed by atoms with Gasteiger partial charge in [0, 0.05) is 11.6 Å². The van der Waals surface area contributed by atoms with E-state index in [1.54, 1.807) is 0 Å². The van der Waals surface area contributed by atoms with Crippen LogP contribution in [0.2, 0.25) is 0 Å². The SMILES string of the molecule is CC1(NC(=O)NC2C3CCC(C3)C2C(=O)O)CC1. The lowest BCUT2D eigenvalue weighted by Gasteiger charge is -2.29. The number of carbonyl (C=O) groups is 2. The van der Waals surface area contributed by atoms with Crippen molar-refractivity contribution in [3.8, 4) is 0 Å². The average molecular weight is 252 g/mol.